The molecule has 1 aliphatic carbocycles. The Kier molecular flexibility index (Phi) is 4.51. The lowest BCUT2D eigenvalue weighted by Gasteiger charge is -2.24. The summed E-state index contributed by atoms with van der Waals surface area (Å²) in [6.07, 6.45) is 4.47. The quantitative estimate of drug-likeness (QED) is 0.891. The number of aliphatic hydroxyl groups excluding tert-OH is 1. The summed E-state index contributed by atoms with van der Waals surface area (Å²) in [6.45, 7) is 6.96. The van der Waals surface area contributed by atoms with Crippen LogP contribution >= 0.6 is 0 Å². The van der Waals surface area contributed by atoms with Crippen molar-refractivity contribution in [2.45, 2.75) is 58.0 Å². The van der Waals surface area contributed by atoms with E-state index < -0.39 is 0 Å². The van der Waals surface area contributed by atoms with E-state index in [4.69, 9.17) is 4.74 Å². The third-order valence-electron chi connectivity index (χ3n) is 4.05. The van der Waals surface area contributed by atoms with Gasteiger partial charge in [-0.15, -0.1) is 0 Å². The number of benzene rings is 1. The smallest absolute Gasteiger partial charge is 0.123 e. The normalized spacial score (nSPS) is 18.5. The average molecular weight is 262 g/mol. The molecule has 1 aromatic rings. The Hall–Kier alpha value is -1.02. The van der Waals surface area contributed by atoms with E-state index in [9.17, 15) is 5.11 Å². The van der Waals surface area contributed by atoms with E-state index in [-0.39, 0.29) is 11.5 Å². The van der Waals surface area contributed by atoms with Gasteiger partial charge in [0, 0.05) is 0 Å². The molecule has 0 radical (unpaired) electrons. The SMILES string of the molecule is CC(C)(C)c1ccccc1OCC(O)C1CCCC1. The van der Waals surface area contributed by atoms with Crippen LogP contribution in [-0.2, 0) is 5.41 Å². The van der Waals surface area contributed by atoms with Crippen LogP contribution < -0.4 is 4.74 Å². The second kappa shape index (κ2) is 5.96. The van der Waals surface area contributed by atoms with Crippen LogP contribution in [0.1, 0.15) is 52.0 Å². The maximum absolute atomic E-state index is 10.2. The van der Waals surface area contributed by atoms with Crippen LogP contribution in [-0.4, -0.2) is 17.8 Å². The second-order valence-electron chi connectivity index (χ2n) is 6.67. The van der Waals surface area contributed by atoms with Gasteiger partial charge in [0.2, 0.25) is 0 Å². The van der Waals surface area contributed by atoms with Crippen molar-refractivity contribution in [2.24, 2.45) is 5.92 Å². The zero-order chi connectivity index (χ0) is 13.9. The topological polar surface area (TPSA) is 29.5 Å². The number of rotatable bonds is 4. The summed E-state index contributed by atoms with van der Waals surface area (Å²) in [5.41, 5.74) is 1.27. The highest BCUT2D eigenvalue weighted by atomic mass is 16.5. The number of aliphatic hydroxyl groups is 1. The van der Waals surface area contributed by atoms with Gasteiger partial charge in [-0.2, -0.15) is 0 Å². The summed E-state index contributed by atoms with van der Waals surface area (Å²) in [7, 11) is 0. The number of para-hydroxylation sites is 1. The van der Waals surface area contributed by atoms with E-state index in [2.05, 4.69) is 26.8 Å². The molecule has 1 aromatic carbocycles. The molecule has 0 aromatic heterocycles. The molecule has 1 fully saturated rings. The standard InChI is InChI=1S/C17H26O2/c1-17(2,3)14-10-6-7-11-16(14)19-12-15(18)13-8-4-5-9-13/h6-7,10-11,13,15,18H,4-5,8-9,12H2,1-3H3. The Bertz CT molecular complexity index is 400. The largest absolute Gasteiger partial charge is 0.491 e. The molecule has 0 amide bonds. The zero-order valence-corrected chi connectivity index (χ0v) is 12.4. The van der Waals surface area contributed by atoms with E-state index in [1.807, 2.05) is 18.2 Å². The first kappa shape index (κ1) is 14.4. The van der Waals surface area contributed by atoms with Gasteiger partial charge in [-0.3, -0.25) is 0 Å². The first-order valence-corrected chi connectivity index (χ1v) is 7.39. The fraction of sp³-hybridized carbons (Fsp3) is 0.647. The minimum absolute atomic E-state index is 0.0644. The summed E-state index contributed by atoms with van der Waals surface area (Å²) < 4.78 is 5.89. The molecule has 1 saturated carbocycles. The van der Waals surface area contributed by atoms with Crippen molar-refractivity contribution in [3.63, 3.8) is 0 Å². The van der Waals surface area contributed by atoms with E-state index in [1.165, 1.54) is 18.4 Å². The van der Waals surface area contributed by atoms with E-state index in [0.29, 0.717) is 12.5 Å². The van der Waals surface area contributed by atoms with Crippen molar-refractivity contribution in [1.29, 1.82) is 0 Å². The first-order chi connectivity index (χ1) is 8.98. The van der Waals surface area contributed by atoms with Crippen molar-refractivity contribution in [3.8, 4) is 5.75 Å². The van der Waals surface area contributed by atoms with E-state index in [0.717, 1.165) is 18.6 Å². The first-order valence-electron chi connectivity index (χ1n) is 7.39. The third-order valence-corrected chi connectivity index (χ3v) is 4.05. The lowest BCUT2D eigenvalue weighted by Crippen LogP contribution is -2.26. The highest BCUT2D eigenvalue weighted by Gasteiger charge is 2.24. The molecule has 106 valence electrons. The minimum Gasteiger partial charge on any atom is -0.491 e. The summed E-state index contributed by atoms with van der Waals surface area (Å²) in [4.78, 5) is 0. The van der Waals surface area contributed by atoms with Crippen LogP contribution in [0.5, 0.6) is 5.75 Å². The van der Waals surface area contributed by atoms with Crippen LogP contribution in [0.4, 0.5) is 0 Å². The van der Waals surface area contributed by atoms with Gasteiger partial charge in [-0.25, -0.2) is 0 Å². The molecule has 1 N–H and O–H groups in total. The highest BCUT2D eigenvalue weighted by molar-refractivity contribution is 5.38. The van der Waals surface area contributed by atoms with Crippen molar-refractivity contribution in [2.75, 3.05) is 6.61 Å². The van der Waals surface area contributed by atoms with Gasteiger partial charge in [0.25, 0.3) is 0 Å². The second-order valence-corrected chi connectivity index (χ2v) is 6.67. The lowest BCUT2D eigenvalue weighted by molar-refractivity contribution is 0.0586. The Morgan fingerprint density at radius 2 is 1.84 bits per heavy atom. The Balaban J connectivity index is 1.99. The van der Waals surface area contributed by atoms with Crippen LogP contribution in [0.25, 0.3) is 0 Å². The summed E-state index contributed by atoms with van der Waals surface area (Å²) in [5.74, 6) is 1.34. The molecular weight excluding hydrogens is 236 g/mol. The van der Waals surface area contributed by atoms with Crippen molar-refractivity contribution < 1.29 is 9.84 Å². The summed E-state index contributed by atoms with van der Waals surface area (Å²) in [5, 5.41) is 10.2. The molecule has 1 unspecified atom stereocenters. The molecule has 0 spiro atoms. The summed E-state index contributed by atoms with van der Waals surface area (Å²) >= 11 is 0. The van der Waals surface area contributed by atoms with Gasteiger partial charge in [-0.1, -0.05) is 51.8 Å². The average Bonchev–Trinajstić information content (AvgIpc) is 2.89. The molecule has 19 heavy (non-hydrogen) atoms. The molecule has 0 heterocycles. The maximum Gasteiger partial charge on any atom is 0.123 e. The molecule has 2 nitrogen and oxygen atoms in total. The van der Waals surface area contributed by atoms with Crippen LogP contribution in [0.15, 0.2) is 24.3 Å². The van der Waals surface area contributed by atoms with Crippen LogP contribution in [0, 0.1) is 5.92 Å². The maximum atomic E-state index is 10.2. The van der Waals surface area contributed by atoms with Crippen LogP contribution in [0.2, 0.25) is 0 Å². The fourth-order valence-corrected chi connectivity index (χ4v) is 2.87. The number of hydrogen-bond acceptors (Lipinski definition) is 2. The molecule has 0 saturated heterocycles. The minimum atomic E-state index is -0.324. The number of ether oxygens (including phenoxy) is 1. The Labute approximate surface area is 116 Å². The van der Waals surface area contributed by atoms with Crippen LogP contribution in [0.3, 0.4) is 0 Å². The fourth-order valence-electron chi connectivity index (χ4n) is 2.87. The number of hydrogen-bond donors (Lipinski definition) is 1. The highest BCUT2D eigenvalue weighted by Crippen LogP contribution is 2.32. The van der Waals surface area contributed by atoms with Gasteiger partial charge in [0.05, 0.1) is 6.10 Å². The molecule has 1 atom stereocenters. The Morgan fingerprint density at radius 3 is 2.47 bits per heavy atom. The van der Waals surface area contributed by atoms with Gasteiger partial charge in [-0.05, 0) is 35.8 Å². The third kappa shape index (κ3) is 3.73. The molecular formula is C17H26O2. The van der Waals surface area contributed by atoms with Crippen molar-refractivity contribution in [3.05, 3.63) is 29.8 Å². The van der Waals surface area contributed by atoms with Gasteiger partial charge in [0.15, 0.2) is 0 Å². The van der Waals surface area contributed by atoms with Gasteiger partial charge in [0.1, 0.15) is 12.4 Å². The van der Waals surface area contributed by atoms with Gasteiger partial charge < -0.3 is 9.84 Å². The van der Waals surface area contributed by atoms with Crippen molar-refractivity contribution >= 4 is 0 Å². The molecule has 0 bridgehead atoms. The Morgan fingerprint density at radius 1 is 1.21 bits per heavy atom. The zero-order valence-electron chi connectivity index (χ0n) is 12.4. The monoisotopic (exact) mass is 262 g/mol. The lowest BCUT2D eigenvalue weighted by atomic mass is 9.86. The predicted molar refractivity (Wildman–Crippen MR) is 78.6 cm³/mol. The van der Waals surface area contributed by atoms with E-state index >= 15 is 0 Å². The molecule has 2 heteroatoms. The molecule has 1 aliphatic rings. The van der Waals surface area contributed by atoms with Crippen molar-refractivity contribution in [1.82, 2.24) is 0 Å². The predicted octanol–water partition coefficient (Wildman–Crippen LogP) is 3.91. The molecule has 0 aliphatic heterocycles. The van der Waals surface area contributed by atoms with Gasteiger partial charge >= 0.3 is 0 Å². The molecule has 2 rings (SSSR count). The van der Waals surface area contributed by atoms with E-state index in [1.54, 1.807) is 0 Å². The summed E-state index contributed by atoms with van der Waals surface area (Å²) in [6, 6.07) is 8.15.